The van der Waals surface area contributed by atoms with Crippen LogP contribution in [0, 0.1) is 6.92 Å². The van der Waals surface area contributed by atoms with E-state index in [9.17, 15) is 14.7 Å². The Kier molecular flexibility index (Phi) is 6.16. The van der Waals surface area contributed by atoms with E-state index in [4.69, 9.17) is 16.3 Å². The van der Waals surface area contributed by atoms with E-state index in [-0.39, 0.29) is 11.3 Å². The summed E-state index contributed by atoms with van der Waals surface area (Å²) < 4.78 is 6.42. The lowest BCUT2D eigenvalue weighted by Crippen LogP contribution is -2.16. The first-order chi connectivity index (χ1) is 16.9. The Morgan fingerprint density at radius 2 is 1.71 bits per heavy atom. The number of fused-ring (bicyclic) bond motifs is 1. The summed E-state index contributed by atoms with van der Waals surface area (Å²) in [5, 5.41) is 11.8. The molecule has 3 aromatic carbocycles. The highest BCUT2D eigenvalue weighted by Gasteiger charge is 2.28. The van der Waals surface area contributed by atoms with Crippen molar-refractivity contribution in [2.75, 3.05) is 0 Å². The quantitative estimate of drug-likeness (QED) is 0.258. The van der Waals surface area contributed by atoms with Gasteiger partial charge in [0, 0.05) is 21.7 Å². The number of ether oxygens (including phenoxy) is 1. The zero-order valence-corrected chi connectivity index (χ0v) is 20.3. The smallest absolute Gasteiger partial charge is 0.426 e. The lowest BCUT2D eigenvalue weighted by molar-refractivity contribution is 0.104. The van der Waals surface area contributed by atoms with E-state index in [2.05, 4.69) is 19.1 Å². The van der Waals surface area contributed by atoms with Crippen molar-refractivity contribution in [3.05, 3.63) is 116 Å². The summed E-state index contributed by atoms with van der Waals surface area (Å²) in [6.45, 7) is 2.06. The van der Waals surface area contributed by atoms with Crippen molar-refractivity contribution < 1.29 is 19.4 Å². The molecule has 7 heteroatoms. The van der Waals surface area contributed by atoms with Crippen molar-refractivity contribution in [2.24, 2.45) is 0 Å². The summed E-state index contributed by atoms with van der Waals surface area (Å²) in [5.41, 5.74) is 2.70. The van der Waals surface area contributed by atoms with Crippen LogP contribution < -0.4 is 4.74 Å². The second kappa shape index (κ2) is 9.41. The van der Waals surface area contributed by atoms with Gasteiger partial charge >= 0.3 is 6.09 Å². The molecule has 0 aliphatic heterocycles. The maximum absolute atomic E-state index is 13.6. The second-order valence-corrected chi connectivity index (χ2v) is 9.68. The third-order valence-corrected chi connectivity index (χ3v) is 7.09. The van der Waals surface area contributed by atoms with Crippen molar-refractivity contribution in [2.45, 2.75) is 13.3 Å². The molecule has 0 bridgehead atoms. The molecule has 2 heterocycles. The summed E-state index contributed by atoms with van der Waals surface area (Å²) in [6, 6.07) is 25.0. The maximum atomic E-state index is 13.6. The van der Waals surface area contributed by atoms with Gasteiger partial charge in [0.05, 0.1) is 16.0 Å². The number of rotatable bonds is 5. The Bertz CT molecular complexity index is 1570. The lowest BCUT2D eigenvalue weighted by Gasteiger charge is -2.07. The van der Waals surface area contributed by atoms with Crippen molar-refractivity contribution in [1.82, 2.24) is 4.57 Å². The lowest BCUT2D eigenvalue weighted by atomic mass is 10.1. The van der Waals surface area contributed by atoms with Crippen LogP contribution in [0.5, 0.6) is 11.6 Å². The zero-order chi connectivity index (χ0) is 24.5. The van der Waals surface area contributed by atoms with E-state index >= 15 is 0 Å². The van der Waals surface area contributed by atoms with Gasteiger partial charge in [0.1, 0.15) is 5.75 Å². The Morgan fingerprint density at radius 3 is 2.49 bits per heavy atom. The number of carbonyl (C=O) groups is 2. The topological polar surface area (TPSA) is 68.5 Å². The Hall–Kier alpha value is -3.87. The number of thiophene rings is 1. The highest BCUT2D eigenvalue weighted by Crippen LogP contribution is 2.36. The molecule has 0 radical (unpaired) electrons. The Balaban J connectivity index is 1.53. The highest BCUT2D eigenvalue weighted by molar-refractivity contribution is 7.14. The third-order valence-electron chi connectivity index (χ3n) is 5.77. The van der Waals surface area contributed by atoms with Crippen LogP contribution in [0.3, 0.4) is 0 Å². The number of hydrogen-bond acceptors (Lipinski definition) is 5. The number of ketones is 1. The van der Waals surface area contributed by atoms with E-state index in [0.29, 0.717) is 33.0 Å². The molecule has 0 aliphatic carbocycles. The van der Waals surface area contributed by atoms with Gasteiger partial charge in [-0.25, -0.2) is 9.36 Å². The molecule has 0 fully saturated rings. The van der Waals surface area contributed by atoms with Crippen LogP contribution in [0.4, 0.5) is 4.79 Å². The van der Waals surface area contributed by atoms with Crippen LogP contribution in [0.1, 0.15) is 31.2 Å². The minimum Gasteiger partial charge on any atom is -0.494 e. The molecular formula is C28H20ClNO4S. The van der Waals surface area contributed by atoms with E-state index in [1.54, 1.807) is 54.6 Å². The highest BCUT2D eigenvalue weighted by atomic mass is 35.5. The Morgan fingerprint density at radius 1 is 0.971 bits per heavy atom. The van der Waals surface area contributed by atoms with Gasteiger partial charge in [-0.2, -0.15) is 0 Å². The SMILES string of the molecule is Cc1ccccc1Cc1ccc(C(=O)c2c(O)n(C(=O)Oc3ccccc3)c3ccc(Cl)cc23)s1. The average molecular weight is 502 g/mol. The number of halogens is 1. The second-order valence-electron chi connectivity index (χ2n) is 8.07. The molecule has 174 valence electrons. The van der Waals surface area contributed by atoms with Gasteiger partial charge in [0.2, 0.25) is 11.7 Å². The molecule has 0 saturated carbocycles. The first-order valence-electron chi connectivity index (χ1n) is 10.9. The molecule has 0 aliphatic rings. The number of hydrogen-bond donors (Lipinski definition) is 1. The van der Waals surface area contributed by atoms with Gasteiger partial charge in [-0.15, -0.1) is 11.3 Å². The first kappa shape index (κ1) is 22.9. The number of aryl methyl sites for hydroxylation is 1. The molecular weight excluding hydrogens is 482 g/mol. The number of carbonyl (C=O) groups excluding carboxylic acids is 2. The predicted molar refractivity (Wildman–Crippen MR) is 138 cm³/mol. The molecule has 35 heavy (non-hydrogen) atoms. The summed E-state index contributed by atoms with van der Waals surface area (Å²) in [5.74, 6) is -0.552. The number of aromatic hydroxyl groups is 1. The molecule has 0 atom stereocenters. The molecule has 0 saturated heterocycles. The number of benzene rings is 3. The van der Waals surface area contributed by atoms with Gasteiger partial charge in [-0.05, 0) is 60.5 Å². The van der Waals surface area contributed by atoms with Gasteiger partial charge in [0.25, 0.3) is 0 Å². The number of nitrogens with zero attached hydrogens (tertiary/aromatic N) is 1. The molecule has 0 amide bonds. The minimum atomic E-state index is -0.827. The summed E-state index contributed by atoms with van der Waals surface area (Å²) in [4.78, 5) is 28.0. The van der Waals surface area contributed by atoms with E-state index < -0.39 is 12.0 Å². The fraction of sp³-hybridized carbons (Fsp3) is 0.0714. The minimum absolute atomic E-state index is 0.0109. The monoisotopic (exact) mass is 501 g/mol. The van der Waals surface area contributed by atoms with Crippen LogP contribution in [-0.2, 0) is 6.42 Å². The first-order valence-corrected chi connectivity index (χ1v) is 12.1. The van der Waals surface area contributed by atoms with Gasteiger partial charge in [-0.1, -0.05) is 54.1 Å². The summed E-state index contributed by atoms with van der Waals surface area (Å²) in [6.07, 6.45) is -0.125. The van der Waals surface area contributed by atoms with Gasteiger partial charge in [0.15, 0.2) is 0 Å². The van der Waals surface area contributed by atoms with Crippen LogP contribution >= 0.6 is 22.9 Å². The number of aromatic nitrogens is 1. The number of para-hydroxylation sites is 1. The largest absolute Gasteiger partial charge is 0.494 e. The van der Waals surface area contributed by atoms with Crippen molar-refractivity contribution >= 4 is 45.7 Å². The van der Waals surface area contributed by atoms with Gasteiger partial charge < -0.3 is 9.84 Å². The zero-order valence-electron chi connectivity index (χ0n) is 18.7. The normalized spacial score (nSPS) is 11.0. The van der Waals surface area contributed by atoms with Crippen molar-refractivity contribution in [3.8, 4) is 11.6 Å². The predicted octanol–water partition coefficient (Wildman–Crippen LogP) is 7.24. The third kappa shape index (κ3) is 4.46. The fourth-order valence-electron chi connectivity index (χ4n) is 4.01. The van der Waals surface area contributed by atoms with Crippen LogP contribution in [-0.4, -0.2) is 21.6 Å². The van der Waals surface area contributed by atoms with E-state index in [0.717, 1.165) is 9.44 Å². The fourth-order valence-corrected chi connectivity index (χ4v) is 5.16. The van der Waals surface area contributed by atoms with Crippen LogP contribution in [0.15, 0.2) is 84.9 Å². The Labute approximate surface area is 210 Å². The maximum Gasteiger partial charge on any atom is 0.426 e. The molecule has 2 aromatic heterocycles. The van der Waals surface area contributed by atoms with Crippen molar-refractivity contribution in [1.29, 1.82) is 0 Å². The van der Waals surface area contributed by atoms with Crippen LogP contribution in [0.2, 0.25) is 5.02 Å². The van der Waals surface area contributed by atoms with Crippen LogP contribution in [0.25, 0.3) is 10.9 Å². The molecule has 5 rings (SSSR count). The molecule has 1 N–H and O–H groups in total. The molecule has 5 nitrogen and oxygen atoms in total. The summed E-state index contributed by atoms with van der Waals surface area (Å²) in [7, 11) is 0. The molecule has 0 spiro atoms. The van der Waals surface area contributed by atoms with Gasteiger partial charge in [-0.3, -0.25) is 4.79 Å². The van der Waals surface area contributed by atoms with E-state index in [1.165, 1.54) is 22.5 Å². The molecule has 0 unspecified atom stereocenters. The van der Waals surface area contributed by atoms with Crippen molar-refractivity contribution in [3.63, 3.8) is 0 Å². The van der Waals surface area contributed by atoms with E-state index in [1.807, 2.05) is 18.2 Å². The summed E-state index contributed by atoms with van der Waals surface area (Å²) >= 11 is 7.57. The molecule has 5 aromatic rings. The standard InChI is InChI=1S/C28H20ClNO4S/c1-17-7-5-6-8-18(17)15-21-12-14-24(35-21)26(31)25-22-16-19(29)11-13-23(22)30(27(25)32)28(33)34-20-9-3-2-4-10-20/h2-14,16,32H,15H2,1H3. The average Bonchev–Trinajstić information content (AvgIpc) is 3.42.